The van der Waals surface area contributed by atoms with Gasteiger partial charge < -0.3 is 5.11 Å². The van der Waals surface area contributed by atoms with Crippen LogP contribution >= 0.6 is 0 Å². The molecule has 0 heterocycles. The SMILES string of the molecule is CCc1cc(CC)c(CCCC(=O)O)c(CC)c1. The van der Waals surface area contributed by atoms with Gasteiger partial charge in [0.25, 0.3) is 0 Å². The molecule has 1 rings (SSSR count). The minimum absolute atomic E-state index is 0.266. The highest BCUT2D eigenvalue weighted by Gasteiger charge is 2.09. The Bertz CT molecular complexity index is 383. The van der Waals surface area contributed by atoms with Crippen molar-refractivity contribution in [3.05, 3.63) is 34.4 Å². The molecule has 0 unspecified atom stereocenters. The zero-order valence-corrected chi connectivity index (χ0v) is 11.8. The molecule has 0 aliphatic heterocycles. The summed E-state index contributed by atoms with van der Waals surface area (Å²) in [5, 5.41) is 8.73. The first-order valence-corrected chi connectivity index (χ1v) is 6.97. The van der Waals surface area contributed by atoms with E-state index in [2.05, 4.69) is 32.9 Å². The van der Waals surface area contributed by atoms with Crippen LogP contribution in [0.5, 0.6) is 0 Å². The van der Waals surface area contributed by atoms with Gasteiger partial charge in [-0.25, -0.2) is 0 Å². The lowest BCUT2D eigenvalue weighted by molar-refractivity contribution is -0.137. The monoisotopic (exact) mass is 248 g/mol. The molecule has 0 bridgehead atoms. The van der Waals surface area contributed by atoms with E-state index >= 15 is 0 Å². The van der Waals surface area contributed by atoms with Gasteiger partial charge in [0.15, 0.2) is 0 Å². The second-order valence-electron chi connectivity index (χ2n) is 4.70. The Balaban J connectivity index is 2.95. The van der Waals surface area contributed by atoms with Crippen molar-refractivity contribution >= 4 is 5.97 Å². The van der Waals surface area contributed by atoms with Crippen molar-refractivity contribution < 1.29 is 9.90 Å². The third-order valence-corrected chi connectivity index (χ3v) is 3.48. The summed E-state index contributed by atoms with van der Waals surface area (Å²) >= 11 is 0. The first kappa shape index (κ1) is 14.7. The number of aliphatic carboxylic acids is 1. The van der Waals surface area contributed by atoms with Crippen molar-refractivity contribution in [2.24, 2.45) is 0 Å². The van der Waals surface area contributed by atoms with Crippen LogP contribution in [-0.2, 0) is 30.5 Å². The van der Waals surface area contributed by atoms with Crippen LogP contribution in [0.1, 0.15) is 55.9 Å². The van der Waals surface area contributed by atoms with E-state index in [1.54, 1.807) is 0 Å². The predicted octanol–water partition coefficient (Wildman–Crippen LogP) is 3.78. The minimum atomic E-state index is -0.698. The molecule has 100 valence electrons. The van der Waals surface area contributed by atoms with Crippen molar-refractivity contribution in [3.63, 3.8) is 0 Å². The maximum absolute atomic E-state index is 10.6. The van der Waals surface area contributed by atoms with Crippen LogP contribution in [0, 0.1) is 0 Å². The van der Waals surface area contributed by atoms with Crippen LogP contribution in [0.4, 0.5) is 0 Å². The first-order chi connectivity index (χ1) is 8.62. The Morgan fingerprint density at radius 2 is 1.61 bits per heavy atom. The molecule has 0 aliphatic carbocycles. The fourth-order valence-electron chi connectivity index (χ4n) is 2.44. The Hall–Kier alpha value is -1.31. The molecular formula is C16H24O2. The standard InChI is InChI=1S/C16H24O2/c1-4-12-10-13(5-2)15(14(6-3)11-12)8-7-9-16(17)18/h10-11H,4-9H2,1-3H3,(H,17,18). The van der Waals surface area contributed by atoms with Crippen LogP contribution in [0.2, 0.25) is 0 Å². The fourth-order valence-corrected chi connectivity index (χ4v) is 2.44. The van der Waals surface area contributed by atoms with Gasteiger partial charge in [0.05, 0.1) is 0 Å². The van der Waals surface area contributed by atoms with Gasteiger partial charge in [-0.05, 0) is 54.4 Å². The molecule has 1 aromatic carbocycles. The van der Waals surface area contributed by atoms with E-state index in [1.165, 1.54) is 22.3 Å². The number of benzene rings is 1. The predicted molar refractivity (Wildman–Crippen MR) is 75.1 cm³/mol. The van der Waals surface area contributed by atoms with E-state index in [-0.39, 0.29) is 6.42 Å². The number of aryl methyl sites for hydroxylation is 3. The topological polar surface area (TPSA) is 37.3 Å². The number of hydrogen-bond donors (Lipinski definition) is 1. The molecule has 18 heavy (non-hydrogen) atoms. The van der Waals surface area contributed by atoms with Gasteiger partial charge in [-0.2, -0.15) is 0 Å². The van der Waals surface area contributed by atoms with E-state index in [1.807, 2.05) is 0 Å². The quantitative estimate of drug-likeness (QED) is 0.797. The molecule has 0 aliphatic rings. The maximum Gasteiger partial charge on any atom is 0.303 e. The smallest absolute Gasteiger partial charge is 0.303 e. The molecule has 0 atom stereocenters. The summed E-state index contributed by atoms with van der Waals surface area (Å²) in [6, 6.07) is 4.57. The third-order valence-electron chi connectivity index (χ3n) is 3.48. The summed E-state index contributed by atoms with van der Waals surface area (Å²) in [7, 11) is 0. The fraction of sp³-hybridized carbons (Fsp3) is 0.562. The molecule has 0 fully saturated rings. The van der Waals surface area contributed by atoms with Crippen LogP contribution in [0.25, 0.3) is 0 Å². The average molecular weight is 248 g/mol. The van der Waals surface area contributed by atoms with Crippen LogP contribution in [0.15, 0.2) is 12.1 Å². The number of carboxylic acid groups (broad SMARTS) is 1. The lowest BCUT2D eigenvalue weighted by atomic mass is 9.90. The number of carboxylic acids is 1. The summed E-state index contributed by atoms with van der Waals surface area (Å²) in [5.74, 6) is -0.698. The molecule has 1 N–H and O–H groups in total. The molecule has 0 spiro atoms. The molecule has 0 aromatic heterocycles. The molecule has 2 nitrogen and oxygen atoms in total. The molecular weight excluding hydrogens is 224 g/mol. The van der Waals surface area contributed by atoms with Crippen molar-refractivity contribution in [2.45, 2.75) is 59.3 Å². The van der Waals surface area contributed by atoms with E-state index in [4.69, 9.17) is 5.11 Å². The minimum Gasteiger partial charge on any atom is -0.481 e. The van der Waals surface area contributed by atoms with E-state index in [9.17, 15) is 4.79 Å². The summed E-state index contributed by atoms with van der Waals surface area (Å²) in [6.07, 6.45) is 5.02. The molecule has 0 amide bonds. The summed E-state index contributed by atoms with van der Waals surface area (Å²) in [6.45, 7) is 6.53. The van der Waals surface area contributed by atoms with Crippen LogP contribution in [-0.4, -0.2) is 11.1 Å². The molecule has 0 radical (unpaired) electrons. The van der Waals surface area contributed by atoms with Crippen molar-refractivity contribution in [1.29, 1.82) is 0 Å². The van der Waals surface area contributed by atoms with Gasteiger partial charge in [0.1, 0.15) is 0 Å². The first-order valence-electron chi connectivity index (χ1n) is 6.97. The lowest BCUT2D eigenvalue weighted by Gasteiger charge is -2.15. The highest BCUT2D eigenvalue weighted by atomic mass is 16.4. The number of hydrogen-bond acceptors (Lipinski definition) is 1. The zero-order chi connectivity index (χ0) is 13.5. The van der Waals surface area contributed by atoms with Crippen molar-refractivity contribution in [1.82, 2.24) is 0 Å². The zero-order valence-electron chi connectivity index (χ0n) is 11.8. The van der Waals surface area contributed by atoms with Crippen LogP contribution in [0.3, 0.4) is 0 Å². The van der Waals surface area contributed by atoms with Gasteiger partial charge in [-0.1, -0.05) is 32.9 Å². The Labute approximate surface area is 110 Å². The van der Waals surface area contributed by atoms with Gasteiger partial charge in [0, 0.05) is 6.42 Å². The molecule has 0 saturated carbocycles. The Morgan fingerprint density at radius 3 is 2.00 bits per heavy atom. The number of rotatable bonds is 7. The Kier molecular flexibility index (Phi) is 5.90. The van der Waals surface area contributed by atoms with Gasteiger partial charge in [0.2, 0.25) is 0 Å². The lowest BCUT2D eigenvalue weighted by Crippen LogP contribution is -2.03. The second kappa shape index (κ2) is 7.20. The van der Waals surface area contributed by atoms with E-state index < -0.39 is 5.97 Å². The number of carbonyl (C=O) groups is 1. The van der Waals surface area contributed by atoms with Gasteiger partial charge in [-0.15, -0.1) is 0 Å². The van der Waals surface area contributed by atoms with Gasteiger partial charge in [-0.3, -0.25) is 4.79 Å². The average Bonchev–Trinajstić information content (AvgIpc) is 2.37. The molecule has 2 heteroatoms. The van der Waals surface area contributed by atoms with E-state index in [0.29, 0.717) is 0 Å². The van der Waals surface area contributed by atoms with E-state index in [0.717, 1.165) is 32.1 Å². The molecule has 0 saturated heterocycles. The third kappa shape index (κ3) is 3.86. The summed E-state index contributed by atoms with van der Waals surface area (Å²) < 4.78 is 0. The van der Waals surface area contributed by atoms with Crippen LogP contribution < -0.4 is 0 Å². The van der Waals surface area contributed by atoms with Crippen molar-refractivity contribution in [3.8, 4) is 0 Å². The van der Waals surface area contributed by atoms with Gasteiger partial charge >= 0.3 is 5.97 Å². The summed E-state index contributed by atoms with van der Waals surface area (Å²) in [4.78, 5) is 10.6. The normalized spacial score (nSPS) is 10.6. The Morgan fingerprint density at radius 1 is 1.06 bits per heavy atom. The second-order valence-corrected chi connectivity index (χ2v) is 4.70. The summed E-state index contributed by atoms with van der Waals surface area (Å²) in [5.41, 5.74) is 5.58. The highest BCUT2D eigenvalue weighted by molar-refractivity contribution is 5.66. The highest BCUT2D eigenvalue weighted by Crippen LogP contribution is 2.22. The van der Waals surface area contributed by atoms with Crippen molar-refractivity contribution in [2.75, 3.05) is 0 Å². The maximum atomic E-state index is 10.6. The molecule has 1 aromatic rings. The largest absolute Gasteiger partial charge is 0.481 e.